The third kappa shape index (κ3) is 1.28. The molecule has 0 bridgehead atoms. The lowest BCUT2D eigenvalue weighted by molar-refractivity contribution is 1.27. The molecular weight excluding hydrogens is 210 g/mol. The molecule has 72 valence electrons. The molecule has 3 rings (SSSR count). The second kappa shape index (κ2) is 3.06. The van der Waals surface area contributed by atoms with Crippen LogP contribution in [0.5, 0.6) is 0 Å². The first kappa shape index (κ1) is 8.43. The molecule has 3 heterocycles. The van der Waals surface area contributed by atoms with Crippen LogP contribution in [0.15, 0.2) is 35.6 Å². The first-order valence-electron chi connectivity index (χ1n) is 4.33. The summed E-state index contributed by atoms with van der Waals surface area (Å²) in [5.74, 6) is 0. The summed E-state index contributed by atoms with van der Waals surface area (Å²) in [5, 5.41) is 1.94. The topological polar surface area (TPSA) is 55.7 Å². The van der Waals surface area contributed by atoms with Crippen molar-refractivity contribution >= 4 is 31.6 Å². The van der Waals surface area contributed by atoms with Crippen LogP contribution in [-0.4, -0.2) is 15.0 Å². The highest BCUT2D eigenvalue weighted by Gasteiger charge is 2.04. The lowest BCUT2D eigenvalue weighted by Crippen LogP contribution is -1.97. The maximum absolute atomic E-state index is 11.2. The lowest BCUT2D eigenvalue weighted by atomic mass is 10.2. The van der Waals surface area contributed by atoms with E-state index in [0.29, 0.717) is 4.83 Å². The normalized spacial score (nSPS) is 10.9. The van der Waals surface area contributed by atoms with Gasteiger partial charge in [0.25, 0.3) is 5.56 Å². The Morgan fingerprint density at radius 1 is 1.07 bits per heavy atom. The van der Waals surface area contributed by atoms with E-state index in [1.165, 1.54) is 17.5 Å². The summed E-state index contributed by atoms with van der Waals surface area (Å²) in [6, 6.07) is 1.90. The van der Waals surface area contributed by atoms with Gasteiger partial charge in [-0.15, -0.1) is 11.3 Å². The Kier molecular flexibility index (Phi) is 1.72. The fourth-order valence-corrected chi connectivity index (χ4v) is 2.49. The zero-order chi connectivity index (χ0) is 10.3. The molecule has 0 unspecified atom stereocenters. The number of pyridine rings is 1. The minimum atomic E-state index is -0.315. The molecule has 0 saturated heterocycles. The van der Waals surface area contributed by atoms with Gasteiger partial charge in [0, 0.05) is 29.4 Å². The van der Waals surface area contributed by atoms with Crippen LogP contribution in [-0.2, 0) is 0 Å². The second-order valence-corrected chi connectivity index (χ2v) is 4.08. The third-order valence-corrected chi connectivity index (χ3v) is 3.16. The van der Waals surface area contributed by atoms with Gasteiger partial charge in [0.05, 0.1) is 10.9 Å². The van der Waals surface area contributed by atoms with Gasteiger partial charge in [-0.25, -0.2) is 0 Å². The Morgan fingerprint density at radius 3 is 2.93 bits per heavy atom. The number of aromatic nitrogens is 3. The SMILES string of the molecule is O=c1cncc2c(n1)sc1cnccc12. The van der Waals surface area contributed by atoms with Gasteiger partial charge in [-0.05, 0) is 6.07 Å². The van der Waals surface area contributed by atoms with Crippen LogP contribution in [0.1, 0.15) is 0 Å². The smallest absolute Gasteiger partial charge is 0.266 e. The quantitative estimate of drug-likeness (QED) is 0.571. The molecule has 0 aromatic carbocycles. The number of rotatable bonds is 0. The molecule has 0 atom stereocenters. The summed E-state index contributed by atoms with van der Waals surface area (Å²) in [6.07, 6.45) is 6.38. The Balaban J connectivity index is 2.64. The number of nitrogens with zero attached hydrogens (tertiary/aromatic N) is 3. The standard InChI is InChI=1S/C10H5N3OS/c14-9-5-12-3-7-6-1-2-11-4-8(6)15-10(7)13-9/h1-5H. The summed E-state index contributed by atoms with van der Waals surface area (Å²) in [5.41, 5.74) is -0.315. The van der Waals surface area contributed by atoms with E-state index in [-0.39, 0.29) is 5.56 Å². The summed E-state index contributed by atoms with van der Waals surface area (Å²) in [7, 11) is 0. The fourth-order valence-electron chi connectivity index (χ4n) is 1.47. The Labute approximate surface area is 88.3 Å². The first-order chi connectivity index (χ1) is 7.34. The lowest BCUT2D eigenvalue weighted by Gasteiger charge is -1.84. The van der Waals surface area contributed by atoms with E-state index in [9.17, 15) is 4.79 Å². The highest BCUT2D eigenvalue weighted by Crippen LogP contribution is 2.29. The Bertz CT molecular complexity index is 707. The zero-order valence-corrected chi connectivity index (χ0v) is 8.36. The van der Waals surface area contributed by atoms with Crippen LogP contribution in [0, 0.1) is 0 Å². The van der Waals surface area contributed by atoms with E-state index in [0.717, 1.165) is 15.5 Å². The van der Waals surface area contributed by atoms with Gasteiger partial charge in [0.1, 0.15) is 4.83 Å². The summed E-state index contributed by atoms with van der Waals surface area (Å²) in [4.78, 5) is 23.8. The van der Waals surface area contributed by atoms with Crippen molar-refractivity contribution < 1.29 is 0 Å². The molecule has 5 heteroatoms. The van der Waals surface area contributed by atoms with Crippen LogP contribution in [0.2, 0.25) is 0 Å². The number of thiophene rings is 1. The predicted octanol–water partition coefficient (Wildman–Crippen LogP) is 1.60. The highest BCUT2D eigenvalue weighted by atomic mass is 32.1. The van der Waals surface area contributed by atoms with Crippen molar-refractivity contribution in [3.8, 4) is 0 Å². The largest absolute Gasteiger partial charge is 0.289 e. The van der Waals surface area contributed by atoms with Crippen LogP contribution in [0.3, 0.4) is 0 Å². The summed E-state index contributed by atoms with van der Waals surface area (Å²) >= 11 is 1.46. The minimum Gasteiger partial charge on any atom is -0.266 e. The predicted molar refractivity (Wildman–Crippen MR) is 59.0 cm³/mol. The Hall–Kier alpha value is -1.88. The summed E-state index contributed by atoms with van der Waals surface area (Å²) < 4.78 is 1.02. The van der Waals surface area contributed by atoms with Gasteiger partial charge in [-0.1, -0.05) is 0 Å². The van der Waals surface area contributed by atoms with E-state index in [1.54, 1.807) is 18.6 Å². The molecule has 4 nitrogen and oxygen atoms in total. The molecule has 0 N–H and O–H groups in total. The molecule has 0 aliphatic carbocycles. The highest BCUT2D eigenvalue weighted by molar-refractivity contribution is 7.25. The maximum atomic E-state index is 11.2. The molecule has 0 spiro atoms. The molecule has 0 amide bonds. The van der Waals surface area contributed by atoms with Crippen LogP contribution < -0.4 is 5.56 Å². The van der Waals surface area contributed by atoms with Gasteiger partial charge in [-0.2, -0.15) is 4.98 Å². The number of hydrogen-bond acceptors (Lipinski definition) is 5. The van der Waals surface area contributed by atoms with Crippen molar-refractivity contribution in [3.05, 3.63) is 41.2 Å². The molecule has 3 aromatic heterocycles. The van der Waals surface area contributed by atoms with Crippen LogP contribution in [0.25, 0.3) is 20.3 Å². The van der Waals surface area contributed by atoms with Crippen molar-refractivity contribution in [2.45, 2.75) is 0 Å². The number of hydrogen-bond donors (Lipinski definition) is 0. The zero-order valence-electron chi connectivity index (χ0n) is 7.54. The molecule has 0 aliphatic rings. The fraction of sp³-hybridized carbons (Fsp3) is 0. The van der Waals surface area contributed by atoms with Crippen molar-refractivity contribution in [2.24, 2.45) is 0 Å². The van der Waals surface area contributed by atoms with E-state index >= 15 is 0 Å². The van der Waals surface area contributed by atoms with E-state index in [2.05, 4.69) is 15.0 Å². The second-order valence-electron chi connectivity index (χ2n) is 3.05. The van der Waals surface area contributed by atoms with Gasteiger partial charge in [-0.3, -0.25) is 14.8 Å². The van der Waals surface area contributed by atoms with Crippen LogP contribution >= 0.6 is 11.3 Å². The molecule has 3 aromatic rings. The molecule has 0 aliphatic heterocycles. The Morgan fingerprint density at radius 2 is 2.00 bits per heavy atom. The van der Waals surface area contributed by atoms with E-state index in [1.807, 2.05) is 6.07 Å². The van der Waals surface area contributed by atoms with Gasteiger partial charge in [0.2, 0.25) is 0 Å². The third-order valence-electron chi connectivity index (χ3n) is 2.11. The summed E-state index contributed by atoms with van der Waals surface area (Å²) in [6.45, 7) is 0. The average molecular weight is 215 g/mol. The van der Waals surface area contributed by atoms with Crippen LogP contribution in [0.4, 0.5) is 0 Å². The molecule has 15 heavy (non-hydrogen) atoms. The monoisotopic (exact) mass is 215 g/mol. The van der Waals surface area contributed by atoms with Gasteiger partial charge in [0.15, 0.2) is 0 Å². The molecule has 0 saturated carbocycles. The van der Waals surface area contributed by atoms with Crippen molar-refractivity contribution in [1.29, 1.82) is 0 Å². The molecule has 0 radical (unpaired) electrons. The average Bonchev–Trinajstić information content (AvgIpc) is 2.46. The first-order valence-corrected chi connectivity index (χ1v) is 5.15. The molecule has 0 fully saturated rings. The molecular formula is C10H5N3OS. The van der Waals surface area contributed by atoms with E-state index < -0.39 is 0 Å². The van der Waals surface area contributed by atoms with Crippen molar-refractivity contribution in [3.63, 3.8) is 0 Å². The van der Waals surface area contributed by atoms with Crippen molar-refractivity contribution in [1.82, 2.24) is 15.0 Å². The van der Waals surface area contributed by atoms with Gasteiger partial charge < -0.3 is 0 Å². The maximum Gasteiger partial charge on any atom is 0.289 e. The van der Waals surface area contributed by atoms with Gasteiger partial charge >= 0.3 is 0 Å². The minimum absolute atomic E-state index is 0.315. The van der Waals surface area contributed by atoms with Crippen molar-refractivity contribution in [2.75, 3.05) is 0 Å². The number of fused-ring (bicyclic) bond motifs is 3. The van der Waals surface area contributed by atoms with E-state index in [4.69, 9.17) is 0 Å².